The van der Waals surface area contributed by atoms with Gasteiger partial charge in [0, 0.05) is 41.8 Å². The molecule has 188 valence electrons. The standard InChI is InChI=1S/C30H33ClN2O2S/c31-24-6-7-28-26(17-24)23(19-36-28)16-29(34)32-12-8-20(9-13-32)21-10-14-33(15-11-21)30(35)27-18-25(27)22-4-2-1-3-5-22/h1-7,17,19-21,25,27H,8-16,18H2. The third-order valence-electron chi connectivity index (χ3n) is 8.70. The summed E-state index contributed by atoms with van der Waals surface area (Å²) in [5.41, 5.74) is 2.40. The van der Waals surface area contributed by atoms with Gasteiger partial charge in [-0.2, -0.15) is 0 Å². The lowest BCUT2D eigenvalue weighted by Gasteiger charge is -2.40. The summed E-state index contributed by atoms with van der Waals surface area (Å²) in [5.74, 6) is 2.55. The molecule has 0 N–H and O–H groups in total. The lowest BCUT2D eigenvalue weighted by atomic mass is 9.78. The molecule has 6 rings (SSSR count). The molecule has 36 heavy (non-hydrogen) atoms. The van der Waals surface area contributed by atoms with E-state index in [0.717, 1.165) is 74.3 Å². The van der Waals surface area contributed by atoms with Crippen molar-refractivity contribution in [1.82, 2.24) is 9.80 Å². The Bertz CT molecular complexity index is 1240. The lowest BCUT2D eigenvalue weighted by molar-refractivity contribution is -0.135. The van der Waals surface area contributed by atoms with Crippen LogP contribution in [0.15, 0.2) is 53.9 Å². The maximum Gasteiger partial charge on any atom is 0.227 e. The fraction of sp³-hybridized carbons (Fsp3) is 0.467. The van der Waals surface area contributed by atoms with Crippen LogP contribution in [0.3, 0.4) is 0 Å². The van der Waals surface area contributed by atoms with E-state index in [-0.39, 0.29) is 11.8 Å². The van der Waals surface area contributed by atoms with Gasteiger partial charge in [0.25, 0.3) is 0 Å². The first-order chi connectivity index (χ1) is 17.6. The average Bonchev–Trinajstić information content (AvgIpc) is 3.64. The van der Waals surface area contributed by atoms with Gasteiger partial charge in [-0.1, -0.05) is 41.9 Å². The highest BCUT2D eigenvalue weighted by Gasteiger charge is 2.46. The minimum absolute atomic E-state index is 0.189. The molecule has 1 saturated carbocycles. The van der Waals surface area contributed by atoms with Crippen LogP contribution in [0.2, 0.25) is 5.02 Å². The number of hydrogen-bond donors (Lipinski definition) is 0. The van der Waals surface area contributed by atoms with Crippen molar-refractivity contribution < 1.29 is 9.59 Å². The molecule has 2 saturated heterocycles. The van der Waals surface area contributed by atoms with Crippen molar-refractivity contribution in [2.24, 2.45) is 17.8 Å². The Kier molecular flexibility index (Phi) is 6.78. The molecule has 3 aromatic rings. The summed E-state index contributed by atoms with van der Waals surface area (Å²) in [6.07, 6.45) is 5.84. The van der Waals surface area contributed by atoms with E-state index in [1.165, 1.54) is 10.3 Å². The van der Waals surface area contributed by atoms with Crippen molar-refractivity contribution in [3.05, 3.63) is 70.1 Å². The first-order valence-electron chi connectivity index (χ1n) is 13.3. The van der Waals surface area contributed by atoms with Crippen molar-refractivity contribution in [3.8, 4) is 0 Å². The average molecular weight is 521 g/mol. The van der Waals surface area contributed by atoms with E-state index in [2.05, 4.69) is 39.4 Å². The van der Waals surface area contributed by atoms with Gasteiger partial charge in [-0.25, -0.2) is 0 Å². The van der Waals surface area contributed by atoms with Crippen molar-refractivity contribution in [2.45, 2.75) is 44.4 Å². The van der Waals surface area contributed by atoms with Crippen molar-refractivity contribution in [3.63, 3.8) is 0 Å². The molecule has 3 fully saturated rings. The minimum atomic E-state index is 0.189. The van der Waals surface area contributed by atoms with Crippen LogP contribution in [0.5, 0.6) is 0 Å². The van der Waals surface area contributed by atoms with Crippen molar-refractivity contribution in [1.29, 1.82) is 0 Å². The second-order valence-corrected chi connectivity index (χ2v) is 12.2. The maximum absolute atomic E-state index is 13.1. The smallest absolute Gasteiger partial charge is 0.227 e. The van der Waals surface area contributed by atoms with E-state index in [1.807, 2.05) is 24.3 Å². The molecule has 6 heteroatoms. The SMILES string of the molecule is O=C(Cc1csc2ccc(Cl)cc12)N1CCC(C2CCN(C(=O)C3CC3c3ccccc3)CC2)CC1. The number of likely N-dealkylation sites (tertiary alicyclic amines) is 2. The quantitative estimate of drug-likeness (QED) is 0.391. The van der Waals surface area contributed by atoms with Crippen LogP contribution in [-0.4, -0.2) is 47.8 Å². The van der Waals surface area contributed by atoms with Crippen molar-refractivity contribution >= 4 is 44.8 Å². The van der Waals surface area contributed by atoms with E-state index < -0.39 is 0 Å². The molecule has 2 aromatic carbocycles. The summed E-state index contributed by atoms with van der Waals surface area (Å²) in [6, 6.07) is 16.4. The van der Waals surface area contributed by atoms with Crippen LogP contribution in [0, 0.1) is 17.8 Å². The summed E-state index contributed by atoms with van der Waals surface area (Å²) in [4.78, 5) is 30.3. The predicted molar refractivity (Wildman–Crippen MR) is 146 cm³/mol. The third kappa shape index (κ3) is 4.92. The highest BCUT2D eigenvalue weighted by Crippen LogP contribution is 2.49. The van der Waals surface area contributed by atoms with Crippen LogP contribution >= 0.6 is 22.9 Å². The Balaban J connectivity index is 0.965. The molecule has 0 spiro atoms. The largest absolute Gasteiger partial charge is 0.342 e. The van der Waals surface area contributed by atoms with Gasteiger partial charge < -0.3 is 9.80 Å². The monoisotopic (exact) mass is 520 g/mol. The molecule has 0 bridgehead atoms. The number of halogens is 1. The predicted octanol–water partition coefficient (Wildman–Crippen LogP) is 6.38. The van der Waals surface area contributed by atoms with Gasteiger partial charge in [-0.3, -0.25) is 9.59 Å². The Morgan fingerprint density at radius 1 is 0.889 bits per heavy atom. The Labute approximate surface area is 222 Å². The number of carbonyl (C=O) groups excluding carboxylic acids is 2. The zero-order chi connectivity index (χ0) is 24.6. The van der Waals surface area contributed by atoms with Crippen LogP contribution in [-0.2, 0) is 16.0 Å². The number of hydrogen-bond acceptors (Lipinski definition) is 3. The first-order valence-corrected chi connectivity index (χ1v) is 14.6. The van der Waals surface area contributed by atoms with E-state index in [0.29, 0.717) is 30.1 Å². The zero-order valence-electron chi connectivity index (χ0n) is 20.6. The van der Waals surface area contributed by atoms with Gasteiger partial charge in [0.05, 0.1) is 6.42 Å². The molecular formula is C30H33ClN2O2S. The number of thiophene rings is 1. The molecule has 4 nitrogen and oxygen atoms in total. The topological polar surface area (TPSA) is 40.6 Å². The lowest BCUT2D eigenvalue weighted by Crippen LogP contribution is -2.44. The Morgan fingerprint density at radius 3 is 2.25 bits per heavy atom. The molecule has 3 aliphatic rings. The number of amides is 2. The number of piperidine rings is 2. The molecule has 1 aliphatic carbocycles. The second kappa shape index (κ2) is 10.2. The van der Waals surface area contributed by atoms with E-state index in [4.69, 9.17) is 11.6 Å². The molecule has 1 aromatic heterocycles. The summed E-state index contributed by atoms with van der Waals surface area (Å²) in [5, 5.41) is 3.93. The third-order valence-corrected chi connectivity index (χ3v) is 9.95. The Morgan fingerprint density at radius 2 is 1.56 bits per heavy atom. The van der Waals surface area contributed by atoms with Gasteiger partial charge in [0.15, 0.2) is 0 Å². The summed E-state index contributed by atoms with van der Waals surface area (Å²) in [7, 11) is 0. The molecular weight excluding hydrogens is 488 g/mol. The number of fused-ring (bicyclic) bond motifs is 1. The van der Waals surface area contributed by atoms with Crippen LogP contribution in [0.25, 0.3) is 10.1 Å². The first kappa shape index (κ1) is 24.0. The number of nitrogens with zero attached hydrogens (tertiary/aromatic N) is 2. The maximum atomic E-state index is 13.1. The molecule has 2 aliphatic heterocycles. The van der Waals surface area contributed by atoms with Gasteiger partial charge in [-0.15, -0.1) is 11.3 Å². The summed E-state index contributed by atoms with van der Waals surface area (Å²) in [6.45, 7) is 3.50. The molecule has 2 amide bonds. The van der Waals surface area contributed by atoms with E-state index in [1.54, 1.807) is 11.3 Å². The number of benzene rings is 2. The number of carbonyl (C=O) groups is 2. The van der Waals surface area contributed by atoms with E-state index in [9.17, 15) is 9.59 Å². The second-order valence-electron chi connectivity index (χ2n) is 10.8. The van der Waals surface area contributed by atoms with Gasteiger partial charge in [-0.05, 0) is 90.0 Å². The molecule has 2 unspecified atom stereocenters. The molecule has 0 radical (unpaired) electrons. The van der Waals surface area contributed by atoms with Crippen LogP contribution < -0.4 is 0 Å². The van der Waals surface area contributed by atoms with Gasteiger partial charge >= 0.3 is 0 Å². The normalized spacial score (nSPS) is 23.2. The van der Waals surface area contributed by atoms with E-state index >= 15 is 0 Å². The fourth-order valence-electron chi connectivity index (χ4n) is 6.45. The van der Waals surface area contributed by atoms with Gasteiger partial charge in [0.2, 0.25) is 11.8 Å². The summed E-state index contributed by atoms with van der Waals surface area (Å²) >= 11 is 7.87. The summed E-state index contributed by atoms with van der Waals surface area (Å²) < 4.78 is 1.18. The highest BCUT2D eigenvalue weighted by molar-refractivity contribution is 7.17. The highest BCUT2D eigenvalue weighted by atomic mass is 35.5. The number of rotatable bonds is 5. The van der Waals surface area contributed by atoms with Crippen molar-refractivity contribution in [2.75, 3.05) is 26.2 Å². The van der Waals surface area contributed by atoms with Gasteiger partial charge in [0.1, 0.15) is 0 Å². The zero-order valence-corrected chi connectivity index (χ0v) is 22.1. The minimum Gasteiger partial charge on any atom is -0.342 e. The molecule has 3 heterocycles. The van der Waals surface area contributed by atoms with Crippen LogP contribution in [0.1, 0.15) is 49.1 Å². The fourth-order valence-corrected chi connectivity index (χ4v) is 7.56. The molecule has 2 atom stereocenters. The van der Waals surface area contributed by atoms with Crippen LogP contribution in [0.4, 0.5) is 0 Å². The Hall–Kier alpha value is -2.37.